The Hall–Kier alpha value is -3.09. The van der Waals surface area contributed by atoms with Gasteiger partial charge in [0, 0.05) is 50.2 Å². The Balaban J connectivity index is 1.14. The van der Waals surface area contributed by atoms with Crippen LogP contribution in [0.2, 0.25) is 0 Å². The molecule has 3 aliphatic carbocycles. The first kappa shape index (κ1) is 25.6. The van der Waals surface area contributed by atoms with E-state index in [2.05, 4.69) is 40.8 Å². The SMILES string of the molecule is COc1ccc2c3c1OC1c4c(cc(CCC(=O)CCc5ccccc5)n4C)C[C@@]4(O)[C@@H](C2)N(CC2CC2)CC[C@]314. The summed E-state index contributed by atoms with van der Waals surface area (Å²) >= 11 is 0. The van der Waals surface area contributed by atoms with E-state index in [-0.39, 0.29) is 12.1 Å². The largest absolute Gasteiger partial charge is 0.493 e. The highest BCUT2D eigenvalue weighted by molar-refractivity contribution is 5.79. The van der Waals surface area contributed by atoms with Crippen molar-refractivity contribution in [2.75, 3.05) is 20.2 Å². The number of aliphatic hydroxyl groups is 1. The smallest absolute Gasteiger partial charge is 0.166 e. The van der Waals surface area contributed by atoms with E-state index in [1.54, 1.807) is 7.11 Å². The number of Topliss-reactive ketones (excluding diaryl/α,β-unsaturated/α-hetero) is 1. The number of nitrogens with zero attached hydrogens (tertiary/aromatic N) is 2. The average Bonchev–Trinajstić information content (AvgIpc) is 3.65. The molecular weight excluding hydrogens is 512 g/mol. The van der Waals surface area contributed by atoms with Crippen LogP contribution in [0.3, 0.4) is 0 Å². The molecule has 0 radical (unpaired) electrons. The third-order valence-electron chi connectivity index (χ3n) is 11.1. The molecule has 2 aromatic carbocycles. The number of ketones is 1. The van der Waals surface area contributed by atoms with Crippen LogP contribution in [0.5, 0.6) is 11.5 Å². The number of fused-ring (bicyclic) bond motifs is 2. The monoisotopic (exact) mass is 552 g/mol. The summed E-state index contributed by atoms with van der Waals surface area (Å²) in [6.45, 7) is 2.08. The van der Waals surface area contributed by atoms with Crippen molar-refractivity contribution >= 4 is 5.78 Å². The van der Waals surface area contributed by atoms with Crippen LogP contribution in [0.15, 0.2) is 48.5 Å². The summed E-state index contributed by atoms with van der Waals surface area (Å²) < 4.78 is 15.0. The fourth-order valence-electron chi connectivity index (χ4n) is 8.88. The number of aryl methyl sites for hydroxylation is 2. The topological polar surface area (TPSA) is 63.9 Å². The van der Waals surface area contributed by atoms with Crippen molar-refractivity contribution in [2.45, 2.75) is 80.9 Å². The highest BCUT2D eigenvalue weighted by Gasteiger charge is 2.73. The van der Waals surface area contributed by atoms with Crippen LogP contribution in [0.4, 0.5) is 0 Å². The number of benzene rings is 2. The van der Waals surface area contributed by atoms with E-state index in [1.807, 2.05) is 24.3 Å². The van der Waals surface area contributed by atoms with Crippen LogP contribution in [0, 0.1) is 5.92 Å². The number of aromatic nitrogens is 1. The molecule has 1 spiro atoms. The Bertz CT molecular complexity index is 1520. The van der Waals surface area contributed by atoms with E-state index in [9.17, 15) is 9.90 Å². The first-order valence-electron chi connectivity index (χ1n) is 15.5. The maximum absolute atomic E-state index is 13.0. The number of piperidine rings is 1. The van der Waals surface area contributed by atoms with E-state index in [0.717, 1.165) is 55.5 Å². The lowest BCUT2D eigenvalue weighted by atomic mass is 9.49. The fourth-order valence-corrected chi connectivity index (χ4v) is 8.88. The lowest BCUT2D eigenvalue weighted by molar-refractivity contribution is -0.173. The minimum Gasteiger partial charge on any atom is -0.493 e. The molecule has 2 bridgehead atoms. The molecule has 1 N–H and O–H groups in total. The molecule has 3 heterocycles. The molecule has 2 fully saturated rings. The molecule has 1 unspecified atom stereocenters. The van der Waals surface area contributed by atoms with Gasteiger partial charge in [-0.15, -0.1) is 0 Å². The van der Waals surface area contributed by atoms with Crippen LogP contribution in [-0.2, 0) is 42.9 Å². The number of methoxy groups -OCH3 is 1. The van der Waals surface area contributed by atoms with Crippen molar-refractivity contribution < 1.29 is 19.4 Å². The lowest BCUT2D eigenvalue weighted by Gasteiger charge is -2.63. The summed E-state index contributed by atoms with van der Waals surface area (Å²) in [6, 6.07) is 16.8. The van der Waals surface area contributed by atoms with Crippen molar-refractivity contribution in [3.8, 4) is 11.5 Å². The maximum atomic E-state index is 13.0. The molecule has 2 aliphatic heterocycles. The van der Waals surface area contributed by atoms with Crippen LogP contribution in [0.25, 0.3) is 0 Å². The number of likely N-dealkylation sites (tertiary alicyclic amines) is 1. The molecule has 214 valence electrons. The number of carbonyl (C=O) groups excluding carboxylic acids is 1. The van der Waals surface area contributed by atoms with Gasteiger partial charge in [0.05, 0.1) is 23.8 Å². The molecule has 6 nitrogen and oxygen atoms in total. The van der Waals surface area contributed by atoms with Gasteiger partial charge in [0.1, 0.15) is 5.78 Å². The van der Waals surface area contributed by atoms with Crippen LogP contribution in [0.1, 0.15) is 71.8 Å². The second kappa shape index (κ2) is 9.20. The normalized spacial score (nSPS) is 29.0. The predicted octanol–water partition coefficient (Wildman–Crippen LogP) is 4.87. The minimum absolute atomic E-state index is 0.0752. The van der Waals surface area contributed by atoms with Gasteiger partial charge in [-0.05, 0) is 79.8 Å². The zero-order valence-corrected chi connectivity index (χ0v) is 24.2. The van der Waals surface area contributed by atoms with Crippen molar-refractivity contribution in [1.82, 2.24) is 9.47 Å². The molecule has 6 heteroatoms. The molecule has 1 saturated carbocycles. The van der Waals surface area contributed by atoms with Gasteiger partial charge in [0.25, 0.3) is 0 Å². The second-order valence-electron chi connectivity index (χ2n) is 13.2. The second-order valence-corrected chi connectivity index (χ2v) is 13.2. The first-order valence-corrected chi connectivity index (χ1v) is 15.5. The molecule has 8 rings (SSSR count). The van der Waals surface area contributed by atoms with E-state index in [4.69, 9.17) is 9.47 Å². The van der Waals surface area contributed by atoms with E-state index < -0.39 is 11.0 Å². The zero-order valence-electron chi connectivity index (χ0n) is 24.2. The summed E-state index contributed by atoms with van der Waals surface area (Å²) in [5.74, 6) is 2.66. The molecule has 5 aliphatic rings. The van der Waals surface area contributed by atoms with Crippen molar-refractivity contribution in [3.05, 3.63) is 82.2 Å². The zero-order chi connectivity index (χ0) is 27.9. The van der Waals surface area contributed by atoms with Crippen LogP contribution in [-0.4, -0.2) is 52.2 Å². The molecule has 1 aromatic heterocycles. The van der Waals surface area contributed by atoms with Gasteiger partial charge in [-0.1, -0.05) is 36.4 Å². The number of hydrogen-bond acceptors (Lipinski definition) is 5. The van der Waals surface area contributed by atoms with Gasteiger partial charge < -0.3 is 19.1 Å². The Labute approximate surface area is 242 Å². The average molecular weight is 553 g/mol. The highest BCUT2D eigenvalue weighted by Crippen LogP contribution is 2.69. The summed E-state index contributed by atoms with van der Waals surface area (Å²) in [6.07, 6.45) is 7.30. The van der Waals surface area contributed by atoms with E-state index >= 15 is 0 Å². The van der Waals surface area contributed by atoms with Gasteiger partial charge >= 0.3 is 0 Å². The molecule has 1 saturated heterocycles. The standard InChI is InChI=1S/C35H40N2O4/c1-36-26(12-14-27(38)13-10-22-6-4-3-5-7-22)18-25-20-35(39)29-19-24-11-15-28(40-2)32-30(24)34(35,33(41-32)31(25)36)16-17-37(29)21-23-8-9-23/h3-7,11,15,18,23,29,33,39H,8-10,12-14,16-17,19-21H2,1-2H3/t29-,33?,34+,35-/m1/s1. The van der Waals surface area contributed by atoms with Crippen LogP contribution < -0.4 is 9.47 Å². The van der Waals surface area contributed by atoms with E-state index in [1.165, 1.54) is 40.8 Å². The first-order chi connectivity index (χ1) is 19.9. The third kappa shape index (κ3) is 3.66. The summed E-state index contributed by atoms with van der Waals surface area (Å²) in [4.78, 5) is 15.5. The van der Waals surface area contributed by atoms with Gasteiger partial charge in [-0.25, -0.2) is 0 Å². The quantitative estimate of drug-likeness (QED) is 0.411. The van der Waals surface area contributed by atoms with Gasteiger partial charge in [0.15, 0.2) is 17.6 Å². The Morgan fingerprint density at radius 1 is 1.10 bits per heavy atom. The Morgan fingerprint density at radius 3 is 2.68 bits per heavy atom. The molecule has 0 amide bonds. The number of hydrogen-bond donors (Lipinski definition) is 1. The maximum Gasteiger partial charge on any atom is 0.166 e. The van der Waals surface area contributed by atoms with Gasteiger partial charge in [-0.3, -0.25) is 9.69 Å². The van der Waals surface area contributed by atoms with E-state index in [0.29, 0.717) is 31.5 Å². The predicted molar refractivity (Wildman–Crippen MR) is 157 cm³/mol. The summed E-state index contributed by atoms with van der Waals surface area (Å²) in [7, 11) is 3.83. The Morgan fingerprint density at radius 2 is 1.90 bits per heavy atom. The third-order valence-corrected chi connectivity index (χ3v) is 11.1. The summed E-state index contributed by atoms with van der Waals surface area (Å²) in [5, 5.41) is 13.0. The Kier molecular flexibility index (Phi) is 5.75. The molecule has 3 aromatic rings. The van der Waals surface area contributed by atoms with Crippen molar-refractivity contribution in [3.63, 3.8) is 0 Å². The van der Waals surface area contributed by atoms with Gasteiger partial charge in [0.2, 0.25) is 0 Å². The van der Waals surface area contributed by atoms with Crippen molar-refractivity contribution in [2.24, 2.45) is 13.0 Å². The number of rotatable bonds is 9. The number of carbonyl (C=O) groups is 1. The lowest BCUT2D eigenvalue weighted by Crippen LogP contribution is -2.74. The van der Waals surface area contributed by atoms with Crippen molar-refractivity contribution in [1.29, 1.82) is 0 Å². The molecular formula is C35H40N2O4. The van der Waals surface area contributed by atoms with Crippen LogP contribution >= 0.6 is 0 Å². The number of ether oxygens (including phenoxy) is 2. The minimum atomic E-state index is -0.910. The molecule has 41 heavy (non-hydrogen) atoms. The van der Waals surface area contributed by atoms with Gasteiger partial charge in [-0.2, -0.15) is 0 Å². The fraction of sp³-hybridized carbons (Fsp3) is 0.514. The molecule has 4 atom stereocenters. The highest BCUT2D eigenvalue weighted by atomic mass is 16.5. The summed E-state index contributed by atoms with van der Waals surface area (Å²) in [5.41, 5.74) is 5.80.